The lowest BCUT2D eigenvalue weighted by Gasteiger charge is -2.36. The molecule has 3 fully saturated rings. The van der Waals surface area contributed by atoms with Crippen LogP contribution < -0.4 is 10.2 Å². The second-order valence-corrected chi connectivity index (χ2v) is 9.81. The van der Waals surface area contributed by atoms with Crippen LogP contribution in [0.2, 0.25) is 5.02 Å². The zero-order valence-corrected chi connectivity index (χ0v) is 18.4. The van der Waals surface area contributed by atoms with E-state index in [-0.39, 0.29) is 11.9 Å². The number of anilines is 1. The number of carbonyl (C=O) groups is 1. The third-order valence-corrected chi connectivity index (χ3v) is 7.22. The highest BCUT2D eigenvalue weighted by Gasteiger charge is 2.45. The van der Waals surface area contributed by atoms with Gasteiger partial charge in [0, 0.05) is 48.3 Å². The molecule has 3 heterocycles. The first-order valence-electron chi connectivity index (χ1n) is 11.3. The van der Waals surface area contributed by atoms with Crippen molar-refractivity contribution in [3.8, 4) is 0 Å². The van der Waals surface area contributed by atoms with Crippen molar-refractivity contribution in [2.45, 2.75) is 37.8 Å². The van der Waals surface area contributed by atoms with Crippen molar-refractivity contribution in [3.63, 3.8) is 0 Å². The molecule has 2 unspecified atom stereocenters. The molecule has 0 bridgehead atoms. The van der Waals surface area contributed by atoms with E-state index >= 15 is 0 Å². The molecular formula is C24H25ClN6O. The maximum atomic E-state index is 12.6. The smallest absolute Gasteiger partial charge is 0.254 e. The Hall–Kier alpha value is -2.93. The van der Waals surface area contributed by atoms with Gasteiger partial charge in [-0.3, -0.25) is 9.48 Å². The lowest BCUT2D eigenvalue weighted by atomic mass is 9.76. The van der Waals surface area contributed by atoms with Crippen LogP contribution in [-0.2, 0) is 6.54 Å². The first kappa shape index (κ1) is 19.7. The normalized spacial score (nSPS) is 25.8. The number of halogens is 1. The summed E-state index contributed by atoms with van der Waals surface area (Å²) in [5.41, 5.74) is 2.78. The first-order chi connectivity index (χ1) is 15.6. The Morgan fingerprint density at radius 1 is 1.09 bits per heavy atom. The average molecular weight is 449 g/mol. The van der Waals surface area contributed by atoms with Gasteiger partial charge in [0.15, 0.2) is 0 Å². The second kappa shape index (κ2) is 7.89. The van der Waals surface area contributed by atoms with Crippen molar-refractivity contribution in [3.05, 3.63) is 70.8 Å². The minimum absolute atomic E-state index is 0.0787. The summed E-state index contributed by atoms with van der Waals surface area (Å²) in [7, 11) is 0. The van der Waals surface area contributed by atoms with Crippen LogP contribution in [0, 0.1) is 11.8 Å². The number of nitrogens with one attached hydrogen (secondary N) is 1. The van der Waals surface area contributed by atoms with Crippen molar-refractivity contribution in [2.75, 3.05) is 18.0 Å². The zero-order valence-electron chi connectivity index (χ0n) is 17.7. The molecule has 7 nitrogen and oxygen atoms in total. The number of aromatic nitrogens is 4. The van der Waals surface area contributed by atoms with Gasteiger partial charge in [-0.05, 0) is 54.7 Å². The molecule has 2 aliphatic carbocycles. The van der Waals surface area contributed by atoms with E-state index in [4.69, 9.17) is 11.6 Å². The van der Waals surface area contributed by atoms with Crippen LogP contribution in [0.3, 0.4) is 0 Å². The van der Waals surface area contributed by atoms with Crippen molar-refractivity contribution in [2.24, 2.45) is 11.8 Å². The third kappa shape index (κ3) is 3.97. The topological polar surface area (TPSA) is 75.9 Å². The molecular weight excluding hydrogens is 424 g/mol. The number of hydrogen-bond donors (Lipinski definition) is 1. The lowest BCUT2D eigenvalue weighted by molar-refractivity contribution is 0.0909. The number of nitrogens with zero attached hydrogens (tertiary/aromatic N) is 5. The van der Waals surface area contributed by atoms with Gasteiger partial charge in [0.05, 0.1) is 18.3 Å². The molecule has 2 saturated carbocycles. The number of rotatable bonds is 6. The summed E-state index contributed by atoms with van der Waals surface area (Å²) in [6, 6.07) is 8.16. The second-order valence-electron chi connectivity index (χ2n) is 9.37. The van der Waals surface area contributed by atoms with E-state index in [2.05, 4.69) is 31.3 Å². The number of carbonyl (C=O) groups excluding carboxylic acids is 1. The minimum Gasteiger partial charge on any atom is -0.349 e. The van der Waals surface area contributed by atoms with Crippen LogP contribution >= 0.6 is 11.6 Å². The molecule has 0 spiro atoms. The number of fused-ring (bicyclic) bond motifs is 1. The maximum absolute atomic E-state index is 12.6. The van der Waals surface area contributed by atoms with E-state index < -0.39 is 0 Å². The molecule has 32 heavy (non-hydrogen) atoms. The summed E-state index contributed by atoms with van der Waals surface area (Å²) in [6.45, 7) is 2.71. The Morgan fingerprint density at radius 2 is 1.88 bits per heavy atom. The minimum atomic E-state index is -0.0787. The zero-order chi connectivity index (χ0) is 21.7. The van der Waals surface area contributed by atoms with Crippen LogP contribution in [0.5, 0.6) is 0 Å². The van der Waals surface area contributed by atoms with Gasteiger partial charge in [0.25, 0.3) is 5.91 Å². The molecule has 2 atom stereocenters. The number of piperidine rings is 1. The third-order valence-electron chi connectivity index (χ3n) is 6.99. The summed E-state index contributed by atoms with van der Waals surface area (Å²) in [6.07, 6.45) is 10.4. The summed E-state index contributed by atoms with van der Waals surface area (Å²) < 4.78 is 1.76. The van der Waals surface area contributed by atoms with E-state index in [1.807, 2.05) is 30.6 Å². The van der Waals surface area contributed by atoms with Gasteiger partial charge in [-0.2, -0.15) is 5.10 Å². The SMILES string of the molecule is O=C(NC1CC(c2cccc(Cl)c2)C1)c1cnn(Cc2cnc(N3CC4CC4C3)nc2)c1. The summed E-state index contributed by atoms with van der Waals surface area (Å²) >= 11 is 6.09. The van der Waals surface area contributed by atoms with E-state index in [1.54, 1.807) is 17.1 Å². The largest absolute Gasteiger partial charge is 0.349 e. The van der Waals surface area contributed by atoms with Crippen molar-refractivity contribution in [1.82, 2.24) is 25.1 Å². The highest BCUT2D eigenvalue weighted by atomic mass is 35.5. The number of hydrogen-bond acceptors (Lipinski definition) is 5. The van der Waals surface area contributed by atoms with E-state index in [0.29, 0.717) is 18.0 Å². The predicted octanol–water partition coefficient (Wildman–Crippen LogP) is 3.51. The predicted molar refractivity (Wildman–Crippen MR) is 122 cm³/mol. The highest BCUT2D eigenvalue weighted by molar-refractivity contribution is 6.30. The van der Waals surface area contributed by atoms with Gasteiger partial charge in [-0.25, -0.2) is 9.97 Å². The Morgan fingerprint density at radius 3 is 2.62 bits per heavy atom. The molecule has 0 radical (unpaired) electrons. The summed E-state index contributed by atoms with van der Waals surface area (Å²) in [5.74, 6) is 2.91. The summed E-state index contributed by atoms with van der Waals surface area (Å²) in [4.78, 5) is 24.0. The van der Waals surface area contributed by atoms with Crippen LogP contribution in [0.15, 0.2) is 49.1 Å². The molecule has 164 valence electrons. The maximum Gasteiger partial charge on any atom is 0.254 e. The Labute approximate surface area is 191 Å². The number of amides is 1. The molecule has 1 saturated heterocycles. The molecule has 3 aromatic rings. The Kier molecular flexibility index (Phi) is 4.86. The monoisotopic (exact) mass is 448 g/mol. The van der Waals surface area contributed by atoms with Gasteiger partial charge < -0.3 is 10.2 Å². The molecule has 1 aromatic carbocycles. The fourth-order valence-electron chi connectivity index (χ4n) is 4.95. The average Bonchev–Trinajstić information content (AvgIpc) is 3.15. The van der Waals surface area contributed by atoms with Crippen molar-refractivity contribution < 1.29 is 4.79 Å². The van der Waals surface area contributed by atoms with Crippen LogP contribution in [0.25, 0.3) is 0 Å². The molecule has 1 amide bonds. The highest BCUT2D eigenvalue weighted by Crippen LogP contribution is 2.45. The van der Waals surface area contributed by atoms with Crippen molar-refractivity contribution in [1.29, 1.82) is 0 Å². The van der Waals surface area contributed by atoms with E-state index in [1.165, 1.54) is 12.0 Å². The lowest BCUT2D eigenvalue weighted by Crippen LogP contribution is -2.43. The van der Waals surface area contributed by atoms with Gasteiger partial charge in [0.2, 0.25) is 5.95 Å². The summed E-state index contributed by atoms with van der Waals surface area (Å²) in [5, 5.41) is 8.22. The van der Waals surface area contributed by atoms with E-state index in [9.17, 15) is 4.79 Å². The van der Waals surface area contributed by atoms with E-state index in [0.717, 1.165) is 54.3 Å². The number of benzene rings is 1. The van der Waals surface area contributed by atoms with Crippen molar-refractivity contribution >= 4 is 23.5 Å². The van der Waals surface area contributed by atoms with Crippen LogP contribution in [0.4, 0.5) is 5.95 Å². The first-order valence-corrected chi connectivity index (χ1v) is 11.6. The molecule has 2 aromatic heterocycles. The molecule has 1 aliphatic heterocycles. The fourth-order valence-corrected chi connectivity index (χ4v) is 5.14. The molecule has 3 aliphatic rings. The Balaban J connectivity index is 1.01. The fraction of sp³-hybridized carbons (Fsp3) is 0.417. The Bertz CT molecular complexity index is 1130. The molecule has 6 rings (SSSR count). The standard InChI is InChI=1S/C24H25ClN6O/c25-21-3-1-2-16(5-21)17-6-22(7-17)29-23(32)20-10-28-31(14-20)11-15-8-26-24(27-9-15)30-12-18-4-19(18)13-30/h1-3,5,8-10,14,17-19,22H,4,6-7,11-13H2,(H,29,32). The quantitative estimate of drug-likeness (QED) is 0.624. The van der Waals surface area contributed by atoms with Gasteiger partial charge in [0.1, 0.15) is 0 Å². The molecule has 8 heteroatoms. The van der Waals surface area contributed by atoms with Crippen LogP contribution in [-0.4, -0.2) is 44.8 Å². The molecule has 1 N–H and O–H groups in total. The van der Waals surface area contributed by atoms with Gasteiger partial charge in [-0.1, -0.05) is 23.7 Å². The van der Waals surface area contributed by atoms with Gasteiger partial charge >= 0.3 is 0 Å². The van der Waals surface area contributed by atoms with Crippen LogP contribution in [0.1, 0.15) is 46.7 Å². The van der Waals surface area contributed by atoms with Gasteiger partial charge in [-0.15, -0.1) is 0 Å².